The lowest BCUT2D eigenvalue weighted by Gasteiger charge is -2.13. The molecule has 1 unspecified atom stereocenters. The van der Waals surface area contributed by atoms with Crippen LogP contribution in [0.1, 0.15) is 27.6 Å². The number of methoxy groups -OCH3 is 1. The number of aryl methyl sites for hydroxylation is 1. The predicted octanol–water partition coefficient (Wildman–Crippen LogP) is 2.23. The molecule has 0 radical (unpaired) electrons. The van der Waals surface area contributed by atoms with Crippen molar-refractivity contribution in [2.75, 3.05) is 19.0 Å². The number of pyridine rings is 1. The van der Waals surface area contributed by atoms with Crippen molar-refractivity contribution < 1.29 is 19.6 Å². The Morgan fingerprint density at radius 3 is 2.67 bits per heavy atom. The average Bonchev–Trinajstić information content (AvgIpc) is 2.59. The maximum absolute atomic E-state index is 11.4. The maximum Gasteiger partial charge on any atom is 0.339 e. The van der Waals surface area contributed by atoms with Gasteiger partial charge in [-0.15, -0.1) is 0 Å². The van der Waals surface area contributed by atoms with Crippen molar-refractivity contribution in [2.45, 2.75) is 13.0 Å². The number of carbonyl (C=O) groups excluding carboxylic acids is 1. The molecule has 0 amide bonds. The van der Waals surface area contributed by atoms with E-state index in [0.717, 1.165) is 11.6 Å². The molecule has 0 saturated carbocycles. The highest BCUT2D eigenvalue weighted by molar-refractivity contribution is 5.90. The Labute approximate surface area is 138 Å². The SMILES string of the molecule is COC(=O)c1cnc(NCC(O)c2ccc(C)cc2)c([N+](=O)[O-])c1. The summed E-state index contributed by atoms with van der Waals surface area (Å²) in [5.41, 5.74) is 1.36. The molecule has 8 nitrogen and oxygen atoms in total. The molecule has 0 spiro atoms. The Morgan fingerprint density at radius 1 is 1.42 bits per heavy atom. The van der Waals surface area contributed by atoms with E-state index in [-0.39, 0.29) is 23.6 Å². The number of esters is 1. The second-order valence-corrected chi connectivity index (χ2v) is 5.15. The Bertz CT molecular complexity index is 746. The van der Waals surface area contributed by atoms with Gasteiger partial charge in [0.25, 0.3) is 0 Å². The van der Waals surface area contributed by atoms with E-state index in [1.807, 2.05) is 19.1 Å². The summed E-state index contributed by atoms with van der Waals surface area (Å²) >= 11 is 0. The first-order valence-electron chi connectivity index (χ1n) is 7.13. The van der Waals surface area contributed by atoms with E-state index in [1.165, 1.54) is 13.3 Å². The van der Waals surface area contributed by atoms with E-state index in [0.29, 0.717) is 5.56 Å². The van der Waals surface area contributed by atoms with Gasteiger partial charge in [0.1, 0.15) is 0 Å². The summed E-state index contributed by atoms with van der Waals surface area (Å²) < 4.78 is 4.51. The Hall–Kier alpha value is -3.00. The van der Waals surface area contributed by atoms with Crippen LogP contribution in [-0.4, -0.2) is 34.6 Å². The number of aliphatic hydroxyl groups excluding tert-OH is 1. The second-order valence-electron chi connectivity index (χ2n) is 5.15. The number of aliphatic hydroxyl groups is 1. The zero-order chi connectivity index (χ0) is 17.7. The topological polar surface area (TPSA) is 115 Å². The van der Waals surface area contributed by atoms with Gasteiger partial charge in [-0.05, 0) is 12.5 Å². The van der Waals surface area contributed by atoms with Crippen molar-refractivity contribution in [1.82, 2.24) is 4.98 Å². The van der Waals surface area contributed by atoms with Crippen molar-refractivity contribution >= 4 is 17.5 Å². The Morgan fingerprint density at radius 2 is 2.08 bits per heavy atom. The van der Waals surface area contributed by atoms with E-state index in [4.69, 9.17) is 0 Å². The number of aromatic nitrogens is 1. The summed E-state index contributed by atoms with van der Waals surface area (Å²) in [6, 6.07) is 8.38. The highest BCUT2D eigenvalue weighted by Gasteiger charge is 2.20. The fourth-order valence-corrected chi connectivity index (χ4v) is 2.06. The standard InChI is InChI=1S/C16H17N3O5/c1-10-3-5-11(6-4-10)14(20)9-18-15-13(19(22)23)7-12(8-17-15)16(21)24-2/h3-8,14,20H,9H2,1-2H3,(H,17,18). The van der Waals surface area contributed by atoms with Crippen LogP contribution in [0, 0.1) is 17.0 Å². The number of hydrogen-bond acceptors (Lipinski definition) is 7. The average molecular weight is 331 g/mol. The molecule has 1 atom stereocenters. The number of benzene rings is 1. The maximum atomic E-state index is 11.4. The third kappa shape index (κ3) is 4.05. The van der Waals surface area contributed by atoms with E-state index in [9.17, 15) is 20.0 Å². The molecule has 24 heavy (non-hydrogen) atoms. The van der Waals surface area contributed by atoms with Gasteiger partial charge in [0.05, 0.1) is 23.7 Å². The van der Waals surface area contributed by atoms with Crippen LogP contribution in [0.15, 0.2) is 36.5 Å². The van der Waals surface area contributed by atoms with Gasteiger partial charge in [-0.1, -0.05) is 29.8 Å². The fourth-order valence-electron chi connectivity index (χ4n) is 2.06. The number of nitro groups is 1. The second kappa shape index (κ2) is 7.51. The van der Waals surface area contributed by atoms with E-state index in [1.54, 1.807) is 12.1 Å². The summed E-state index contributed by atoms with van der Waals surface area (Å²) in [5, 5.41) is 24.0. The molecule has 0 saturated heterocycles. The fraction of sp³-hybridized carbons (Fsp3) is 0.250. The van der Waals surface area contributed by atoms with Crippen LogP contribution < -0.4 is 5.32 Å². The third-order valence-electron chi connectivity index (χ3n) is 3.41. The molecule has 0 fully saturated rings. The van der Waals surface area contributed by atoms with Gasteiger partial charge in [-0.3, -0.25) is 10.1 Å². The molecule has 126 valence electrons. The summed E-state index contributed by atoms with van der Waals surface area (Å²) in [6.07, 6.45) is 0.326. The molecule has 0 aliphatic carbocycles. The summed E-state index contributed by atoms with van der Waals surface area (Å²) in [6.45, 7) is 1.97. The molecule has 2 aromatic rings. The van der Waals surface area contributed by atoms with Crippen molar-refractivity contribution in [1.29, 1.82) is 0 Å². The molecule has 1 aromatic heterocycles. The minimum Gasteiger partial charge on any atom is -0.465 e. The van der Waals surface area contributed by atoms with Crippen molar-refractivity contribution in [2.24, 2.45) is 0 Å². The highest BCUT2D eigenvalue weighted by Crippen LogP contribution is 2.24. The van der Waals surface area contributed by atoms with Crippen LogP contribution in [0.25, 0.3) is 0 Å². The summed E-state index contributed by atoms with van der Waals surface area (Å²) in [7, 11) is 1.18. The van der Waals surface area contributed by atoms with Crippen LogP contribution in [0.2, 0.25) is 0 Å². The lowest BCUT2D eigenvalue weighted by atomic mass is 10.1. The monoisotopic (exact) mass is 331 g/mol. The minimum atomic E-state index is -0.854. The lowest BCUT2D eigenvalue weighted by molar-refractivity contribution is -0.384. The number of hydrogen-bond donors (Lipinski definition) is 2. The van der Waals surface area contributed by atoms with Crippen molar-refractivity contribution in [3.63, 3.8) is 0 Å². The van der Waals surface area contributed by atoms with E-state index >= 15 is 0 Å². The molecule has 0 aliphatic rings. The molecule has 1 heterocycles. The van der Waals surface area contributed by atoms with Gasteiger partial charge in [0, 0.05) is 18.8 Å². The van der Waals surface area contributed by atoms with E-state index in [2.05, 4.69) is 15.0 Å². The van der Waals surface area contributed by atoms with Gasteiger partial charge >= 0.3 is 11.7 Å². The molecule has 2 rings (SSSR count). The first kappa shape index (κ1) is 17.4. The molecular formula is C16H17N3O5. The first-order chi connectivity index (χ1) is 11.4. The number of rotatable bonds is 6. The van der Waals surface area contributed by atoms with Crippen LogP contribution >= 0.6 is 0 Å². The first-order valence-corrected chi connectivity index (χ1v) is 7.13. The summed E-state index contributed by atoms with van der Waals surface area (Å²) in [5.74, 6) is -0.740. The minimum absolute atomic E-state index is 0.0196. The zero-order valence-corrected chi connectivity index (χ0v) is 13.2. The van der Waals surface area contributed by atoms with Crippen LogP contribution in [0.5, 0.6) is 0 Å². The normalized spacial score (nSPS) is 11.6. The Balaban J connectivity index is 2.15. The number of nitrogens with one attached hydrogen (secondary N) is 1. The van der Waals surface area contributed by atoms with Crippen molar-refractivity contribution in [3.8, 4) is 0 Å². The zero-order valence-electron chi connectivity index (χ0n) is 13.2. The van der Waals surface area contributed by atoms with Crippen molar-refractivity contribution in [3.05, 3.63) is 63.3 Å². The quantitative estimate of drug-likeness (QED) is 0.474. The predicted molar refractivity (Wildman–Crippen MR) is 86.9 cm³/mol. The molecular weight excluding hydrogens is 314 g/mol. The number of nitrogens with zero attached hydrogens (tertiary/aromatic N) is 2. The number of ether oxygens (including phenoxy) is 1. The Kier molecular flexibility index (Phi) is 5.43. The smallest absolute Gasteiger partial charge is 0.339 e. The van der Waals surface area contributed by atoms with Gasteiger partial charge in [-0.2, -0.15) is 0 Å². The van der Waals surface area contributed by atoms with Crippen LogP contribution in [-0.2, 0) is 4.74 Å². The molecule has 2 N–H and O–H groups in total. The van der Waals surface area contributed by atoms with Gasteiger partial charge in [0.15, 0.2) is 0 Å². The van der Waals surface area contributed by atoms with Gasteiger partial charge in [-0.25, -0.2) is 9.78 Å². The number of carbonyl (C=O) groups is 1. The summed E-state index contributed by atoms with van der Waals surface area (Å²) in [4.78, 5) is 25.8. The molecule has 1 aromatic carbocycles. The van der Waals surface area contributed by atoms with Crippen LogP contribution in [0.3, 0.4) is 0 Å². The van der Waals surface area contributed by atoms with Gasteiger partial charge in [0.2, 0.25) is 5.82 Å². The highest BCUT2D eigenvalue weighted by atomic mass is 16.6. The molecule has 0 bridgehead atoms. The molecule has 0 aliphatic heterocycles. The lowest BCUT2D eigenvalue weighted by Crippen LogP contribution is -2.14. The number of anilines is 1. The largest absolute Gasteiger partial charge is 0.465 e. The van der Waals surface area contributed by atoms with Gasteiger partial charge < -0.3 is 15.2 Å². The van der Waals surface area contributed by atoms with E-state index < -0.39 is 17.0 Å². The van der Waals surface area contributed by atoms with Crippen LogP contribution in [0.4, 0.5) is 11.5 Å². The molecule has 8 heteroatoms. The third-order valence-corrected chi connectivity index (χ3v) is 3.41.